The second kappa shape index (κ2) is 6.74. The van der Waals surface area contributed by atoms with Gasteiger partial charge in [-0.05, 0) is 40.7 Å². The molecule has 2 aromatic rings. The smallest absolute Gasteiger partial charge is 0.168 e. The maximum Gasteiger partial charge on any atom is 0.168 e. The summed E-state index contributed by atoms with van der Waals surface area (Å²) in [6.45, 7) is 7.52. The average molecular weight is 344 g/mol. The molecule has 0 fully saturated rings. The van der Waals surface area contributed by atoms with Gasteiger partial charge in [0.2, 0.25) is 0 Å². The van der Waals surface area contributed by atoms with Gasteiger partial charge in [0.05, 0.1) is 12.5 Å². The molecule has 0 aliphatic carbocycles. The summed E-state index contributed by atoms with van der Waals surface area (Å²) in [6.07, 6.45) is 1.25. The van der Waals surface area contributed by atoms with Crippen LogP contribution in [0.15, 0.2) is 48.5 Å². The van der Waals surface area contributed by atoms with Crippen LogP contribution in [0.2, 0.25) is 19.6 Å². The molecule has 3 heteroatoms. The zero-order valence-electron chi connectivity index (χ0n) is 14.6. The molecule has 2 atom stereocenters. The van der Waals surface area contributed by atoms with Gasteiger partial charge in [-0.25, -0.2) is 0 Å². The molecule has 1 unspecified atom stereocenters. The molecule has 0 spiro atoms. The quantitative estimate of drug-likeness (QED) is 0.570. The minimum absolute atomic E-state index is 0.448. The minimum atomic E-state index is -1.07. The molecule has 0 N–H and O–H groups in total. The van der Waals surface area contributed by atoms with E-state index in [1.807, 2.05) is 0 Å². The van der Waals surface area contributed by atoms with Gasteiger partial charge in [-0.3, -0.25) is 0 Å². The van der Waals surface area contributed by atoms with Crippen LogP contribution in [-0.2, 0) is 17.3 Å². The Morgan fingerprint density at radius 3 is 2.39 bits per heavy atom. The fourth-order valence-corrected chi connectivity index (χ4v) is 11.0. The normalized spacial score (nSPS) is 20.9. The van der Waals surface area contributed by atoms with Crippen molar-refractivity contribution in [2.45, 2.75) is 31.3 Å². The summed E-state index contributed by atoms with van der Waals surface area (Å²) >= 11 is 0. The van der Waals surface area contributed by atoms with Crippen molar-refractivity contribution >= 4 is 19.0 Å². The van der Waals surface area contributed by atoms with E-state index in [1.165, 1.54) is 23.1 Å². The molecule has 0 bridgehead atoms. The van der Waals surface area contributed by atoms with Crippen LogP contribution in [0.4, 0.5) is 0 Å². The summed E-state index contributed by atoms with van der Waals surface area (Å²) in [5, 5.41) is 2.00. The van der Waals surface area contributed by atoms with Gasteiger partial charge in [0.15, 0.2) is 5.25 Å². The molecule has 1 nitrogen and oxygen atoms in total. The zero-order valence-corrected chi connectivity index (χ0v) is 16.5. The number of methoxy groups -OCH3 is 1. The third-order valence-electron chi connectivity index (χ3n) is 4.34. The third kappa shape index (κ3) is 3.83. The molecule has 23 heavy (non-hydrogen) atoms. The number of fused-ring (bicyclic) bond motifs is 1. The van der Waals surface area contributed by atoms with Crippen molar-refractivity contribution < 1.29 is 4.74 Å². The molecular weight excluding hydrogens is 316 g/mol. The van der Waals surface area contributed by atoms with Crippen molar-refractivity contribution in [1.82, 2.24) is 0 Å². The van der Waals surface area contributed by atoms with Crippen molar-refractivity contribution in [2.24, 2.45) is 0 Å². The largest absolute Gasteiger partial charge is 0.497 e. The number of ether oxygens (including phenoxy) is 1. The number of aryl methyl sites for hydroxylation is 1. The van der Waals surface area contributed by atoms with Crippen LogP contribution in [0, 0.1) is 0 Å². The standard InChI is InChI=1S/C20H27OSSi/c1-21-18-11-9-17(10-12-18)20-19-8-6-5-7-16(19)13-14-22(20)15-23(2,3)4/h5-12,20H,13-15H2,1-4H3/q+1/t20-,22?/m0/s1. The van der Waals surface area contributed by atoms with Crippen LogP contribution in [-0.4, -0.2) is 26.3 Å². The van der Waals surface area contributed by atoms with Gasteiger partial charge < -0.3 is 4.74 Å². The average Bonchev–Trinajstić information content (AvgIpc) is 2.53. The molecule has 2 aromatic carbocycles. The summed E-state index contributed by atoms with van der Waals surface area (Å²) in [5.74, 6) is 2.29. The highest BCUT2D eigenvalue weighted by Crippen LogP contribution is 2.40. The van der Waals surface area contributed by atoms with Crippen LogP contribution in [0.1, 0.15) is 21.9 Å². The number of benzene rings is 2. The van der Waals surface area contributed by atoms with E-state index in [1.54, 1.807) is 18.2 Å². The molecular formula is C20H27OSSi+. The van der Waals surface area contributed by atoms with Crippen LogP contribution in [0.3, 0.4) is 0 Å². The third-order valence-corrected chi connectivity index (χ3v) is 11.2. The maximum atomic E-state index is 5.34. The lowest BCUT2D eigenvalue weighted by Crippen LogP contribution is -2.39. The first-order chi connectivity index (χ1) is 11.0. The van der Waals surface area contributed by atoms with Gasteiger partial charge >= 0.3 is 0 Å². The first kappa shape index (κ1) is 16.7. The topological polar surface area (TPSA) is 9.23 Å². The highest BCUT2D eigenvalue weighted by atomic mass is 32.2. The van der Waals surface area contributed by atoms with Gasteiger partial charge in [0.1, 0.15) is 19.6 Å². The summed E-state index contributed by atoms with van der Waals surface area (Å²) in [5.41, 5.74) is 4.57. The molecule has 0 radical (unpaired) electrons. The first-order valence-corrected chi connectivity index (χ1v) is 13.7. The van der Waals surface area contributed by atoms with Crippen molar-refractivity contribution in [2.75, 3.05) is 18.2 Å². The number of hydrogen-bond donors (Lipinski definition) is 0. The summed E-state index contributed by atoms with van der Waals surface area (Å²) < 4.78 is 5.34. The Morgan fingerprint density at radius 1 is 1.04 bits per heavy atom. The monoisotopic (exact) mass is 343 g/mol. The summed E-state index contributed by atoms with van der Waals surface area (Å²) in [7, 11) is 1.11. The SMILES string of the molecule is COc1ccc([C@H]2c3ccccc3CC[S+]2C[Si](C)(C)C)cc1. The van der Waals surface area contributed by atoms with E-state index >= 15 is 0 Å². The van der Waals surface area contributed by atoms with Crippen molar-refractivity contribution in [3.8, 4) is 5.75 Å². The Kier molecular flexibility index (Phi) is 4.88. The molecule has 0 saturated carbocycles. The van der Waals surface area contributed by atoms with Crippen molar-refractivity contribution in [3.05, 3.63) is 65.2 Å². The molecule has 122 valence electrons. The molecule has 1 aliphatic rings. The van der Waals surface area contributed by atoms with Crippen LogP contribution in [0.25, 0.3) is 0 Å². The van der Waals surface area contributed by atoms with Crippen molar-refractivity contribution in [1.29, 1.82) is 0 Å². The number of hydrogen-bond acceptors (Lipinski definition) is 1. The summed E-state index contributed by atoms with van der Waals surface area (Å²) in [6, 6.07) is 17.8. The Morgan fingerprint density at radius 2 is 1.74 bits per heavy atom. The Hall–Kier alpha value is -1.19. The van der Waals surface area contributed by atoms with Crippen LogP contribution in [0.5, 0.6) is 5.75 Å². The van der Waals surface area contributed by atoms with E-state index < -0.39 is 8.07 Å². The highest BCUT2D eigenvalue weighted by molar-refractivity contribution is 7.98. The predicted molar refractivity (Wildman–Crippen MR) is 105 cm³/mol. The van der Waals surface area contributed by atoms with Gasteiger partial charge in [0, 0.05) is 17.5 Å². The lowest BCUT2D eigenvalue weighted by Gasteiger charge is -2.30. The Balaban J connectivity index is 2.01. The summed E-state index contributed by atoms with van der Waals surface area (Å²) in [4.78, 5) is 0. The van der Waals surface area contributed by atoms with Crippen LogP contribution >= 0.6 is 0 Å². The highest BCUT2D eigenvalue weighted by Gasteiger charge is 2.41. The van der Waals surface area contributed by atoms with E-state index in [9.17, 15) is 0 Å². The van der Waals surface area contributed by atoms with Gasteiger partial charge in [-0.15, -0.1) is 0 Å². The second-order valence-corrected chi connectivity index (χ2v) is 15.8. The molecule has 3 rings (SSSR count). The van der Waals surface area contributed by atoms with E-state index in [0.717, 1.165) is 5.75 Å². The molecule has 0 saturated heterocycles. The molecule has 0 aromatic heterocycles. The van der Waals surface area contributed by atoms with E-state index in [2.05, 4.69) is 68.2 Å². The van der Waals surface area contributed by atoms with E-state index in [-0.39, 0.29) is 0 Å². The molecule has 0 amide bonds. The second-order valence-electron chi connectivity index (χ2n) is 7.55. The van der Waals surface area contributed by atoms with Crippen molar-refractivity contribution in [3.63, 3.8) is 0 Å². The minimum Gasteiger partial charge on any atom is -0.497 e. The zero-order chi connectivity index (χ0) is 16.4. The molecule has 1 heterocycles. The van der Waals surface area contributed by atoms with Crippen LogP contribution < -0.4 is 4.74 Å². The fraction of sp³-hybridized carbons (Fsp3) is 0.400. The molecule has 1 aliphatic heterocycles. The number of rotatable bonds is 4. The maximum absolute atomic E-state index is 5.34. The van der Waals surface area contributed by atoms with E-state index in [0.29, 0.717) is 16.1 Å². The first-order valence-electron chi connectivity index (χ1n) is 8.36. The Bertz CT molecular complexity index is 660. The lowest BCUT2D eigenvalue weighted by molar-refractivity contribution is 0.414. The van der Waals surface area contributed by atoms with Gasteiger partial charge in [0.25, 0.3) is 0 Å². The van der Waals surface area contributed by atoms with E-state index in [4.69, 9.17) is 4.74 Å². The fourth-order valence-electron chi connectivity index (χ4n) is 3.42. The van der Waals surface area contributed by atoms with Gasteiger partial charge in [-0.2, -0.15) is 0 Å². The predicted octanol–water partition coefficient (Wildman–Crippen LogP) is 4.84. The van der Waals surface area contributed by atoms with Gasteiger partial charge in [-0.1, -0.05) is 43.9 Å². The lowest BCUT2D eigenvalue weighted by atomic mass is 9.97. The Labute approximate surface area is 144 Å².